The van der Waals surface area contributed by atoms with Crippen LogP contribution in [0, 0.1) is 30.4 Å². The highest BCUT2D eigenvalue weighted by molar-refractivity contribution is 5.83. The summed E-state index contributed by atoms with van der Waals surface area (Å²) in [6.45, 7) is 24.0. The van der Waals surface area contributed by atoms with Crippen LogP contribution in [0.5, 0.6) is 0 Å². The Balaban J connectivity index is 2.52. The van der Waals surface area contributed by atoms with Crippen LogP contribution in [-0.4, -0.2) is 12.1 Å². The van der Waals surface area contributed by atoms with Gasteiger partial charge in [-0.1, -0.05) is 19.9 Å². The second-order valence-electron chi connectivity index (χ2n) is 6.87. The van der Waals surface area contributed by atoms with E-state index in [1.54, 1.807) is 0 Å². The molecule has 0 spiro atoms. The SMILES string of the molecule is [C-]#[N+]C([N+]#[C-])=C(C#N)c1ccc2c(c1)CC(C)(C)N2CC(C)C. The van der Waals surface area contributed by atoms with Gasteiger partial charge in [0.15, 0.2) is 5.57 Å². The Morgan fingerprint density at radius 1 is 1.35 bits per heavy atom. The fraction of sp³-hybridized carbons (Fsp3) is 0.421. The average molecular weight is 304 g/mol. The Morgan fingerprint density at radius 3 is 2.52 bits per heavy atom. The van der Waals surface area contributed by atoms with E-state index in [1.165, 1.54) is 11.3 Å². The molecule has 0 unspecified atom stereocenters. The van der Waals surface area contributed by atoms with Crippen molar-refractivity contribution >= 4 is 11.3 Å². The molecule has 116 valence electrons. The standard InChI is InChI=1S/C19H20N4/c1-13(2)12-23-17-8-7-14(9-15(17)10-19(23,3)4)16(11-20)18(21-5)22-6/h7-9,13H,10,12H2,1-4H3. The lowest BCUT2D eigenvalue weighted by atomic mass is 9.97. The highest BCUT2D eigenvalue weighted by Gasteiger charge is 2.36. The molecule has 0 atom stereocenters. The summed E-state index contributed by atoms with van der Waals surface area (Å²) in [6, 6.07) is 7.85. The molecule has 0 radical (unpaired) electrons. The smallest absolute Gasteiger partial charge is 0.366 e. The predicted octanol–water partition coefficient (Wildman–Crippen LogP) is 4.51. The van der Waals surface area contributed by atoms with Crippen LogP contribution in [0.4, 0.5) is 5.69 Å². The van der Waals surface area contributed by atoms with Crippen molar-refractivity contribution in [1.82, 2.24) is 0 Å². The lowest BCUT2D eigenvalue weighted by Gasteiger charge is -2.35. The van der Waals surface area contributed by atoms with Crippen LogP contribution < -0.4 is 4.90 Å². The zero-order chi connectivity index (χ0) is 17.2. The van der Waals surface area contributed by atoms with Gasteiger partial charge in [0.1, 0.15) is 13.1 Å². The molecule has 1 aliphatic rings. The minimum absolute atomic E-state index is 0.0319. The molecule has 0 N–H and O–H groups in total. The molecule has 1 aromatic carbocycles. The molecule has 0 aliphatic carbocycles. The van der Waals surface area contributed by atoms with Gasteiger partial charge in [0.2, 0.25) is 0 Å². The molecule has 2 rings (SSSR count). The zero-order valence-electron chi connectivity index (χ0n) is 14.0. The van der Waals surface area contributed by atoms with Gasteiger partial charge in [0.25, 0.3) is 0 Å². The Hall–Kier alpha value is -2.77. The van der Waals surface area contributed by atoms with Crippen molar-refractivity contribution in [2.75, 3.05) is 11.4 Å². The van der Waals surface area contributed by atoms with E-state index in [4.69, 9.17) is 13.1 Å². The van der Waals surface area contributed by atoms with Crippen LogP contribution in [0.25, 0.3) is 15.3 Å². The number of nitrogens with zero attached hydrogens (tertiary/aromatic N) is 4. The maximum Gasteiger partial charge on any atom is 0.537 e. The number of hydrogen-bond donors (Lipinski definition) is 0. The first-order chi connectivity index (χ1) is 10.8. The lowest BCUT2D eigenvalue weighted by molar-refractivity contribution is 0.454. The minimum atomic E-state index is -0.163. The van der Waals surface area contributed by atoms with E-state index in [1.807, 2.05) is 24.3 Å². The summed E-state index contributed by atoms with van der Waals surface area (Å²) in [5, 5.41) is 9.33. The third-order valence-electron chi connectivity index (χ3n) is 4.11. The highest BCUT2D eigenvalue weighted by atomic mass is 15.2. The van der Waals surface area contributed by atoms with Crippen molar-refractivity contribution in [2.45, 2.75) is 39.7 Å². The van der Waals surface area contributed by atoms with Crippen molar-refractivity contribution < 1.29 is 0 Å². The van der Waals surface area contributed by atoms with E-state index in [9.17, 15) is 5.26 Å². The molecule has 1 aliphatic heterocycles. The molecule has 0 bridgehead atoms. The summed E-state index contributed by atoms with van der Waals surface area (Å²) in [5.41, 5.74) is 3.23. The van der Waals surface area contributed by atoms with E-state index in [0.717, 1.165) is 13.0 Å². The number of allylic oxidation sites excluding steroid dienone is 1. The van der Waals surface area contributed by atoms with Gasteiger partial charge in [0, 0.05) is 17.8 Å². The second-order valence-corrected chi connectivity index (χ2v) is 6.87. The number of fused-ring (bicyclic) bond motifs is 1. The third kappa shape index (κ3) is 3.05. The van der Waals surface area contributed by atoms with Crippen molar-refractivity contribution in [3.63, 3.8) is 0 Å². The van der Waals surface area contributed by atoms with Crippen molar-refractivity contribution in [1.29, 1.82) is 5.26 Å². The summed E-state index contributed by atoms with van der Waals surface area (Å²) >= 11 is 0. The summed E-state index contributed by atoms with van der Waals surface area (Å²) in [4.78, 5) is 8.76. The van der Waals surface area contributed by atoms with Crippen LogP contribution in [0.1, 0.15) is 38.8 Å². The van der Waals surface area contributed by atoms with Crippen LogP contribution >= 0.6 is 0 Å². The van der Waals surface area contributed by atoms with Gasteiger partial charge in [-0.15, -0.1) is 0 Å². The molecule has 4 heteroatoms. The summed E-state index contributed by atoms with van der Waals surface area (Å²) < 4.78 is 0. The average Bonchev–Trinajstić information content (AvgIpc) is 2.73. The monoisotopic (exact) mass is 304 g/mol. The molecule has 0 fully saturated rings. The molecule has 1 heterocycles. The van der Waals surface area contributed by atoms with E-state index in [-0.39, 0.29) is 16.9 Å². The molecule has 1 aromatic rings. The van der Waals surface area contributed by atoms with Gasteiger partial charge >= 0.3 is 5.82 Å². The van der Waals surface area contributed by atoms with Gasteiger partial charge in [-0.2, -0.15) is 15.0 Å². The normalized spacial score (nSPS) is 14.6. The van der Waals surface area contributed by atoms with Crippen molar-refractivity contribution in [3.8, 4) is 6.07 Å². The maximum absolute atomic E-state index is 9.33. The summed E-state index contributed by atoms with van der Waals surface area (Å²) in [7, 11) is 0. The van der Waals surface area contributed by atoms with Gasteiger partial charge in [0.05, 0.1) is 6.07 Å². The first kappa shape index (κ1) is 16.6. The molecule has 0 aromatic heterocycles. The van der Waals surface area contributed by atoms with Crippen molar-refractivity contribution in [2.24, 2.45) is 5.92 Å². The Kier molecular flexibility index (Phi) is 4.44. The van der Waals surface area contributed by atoms with E-state index in [0.29, 0.717) is 11.5 Å². The van der Waals surface area contributed by atoms with Gasteiger partial charge in [-0.25, -0.2) is 0 Å². The summed E-state index contributed by atoms with van der Waals surface area (Å²) in [5.74, 6) is 0.397. The Labute approximate surface area is 138 Å². The second kappa shape index (κ2) is 6.15. The molecule has 0 saturated carbocycles. The van der Waals surface area contributed by atoms with Gasteiger partial charge < -0.3 is 4.90 Å². The number of hydrogen-bond acceptors (Lipinski definition) is 2. The lowest BCUT2D eigenvalue weighted by Crippen LogP contribution is -2.43. The van der Waals surface area contributed by atoms with E-state index in [2.05, 4.69) is 42.3 Å². The van der Waals surface area contributed by atoms with Gasteiger partial charge in [-0.3, -0.25) is 0 Å². The Bertz CT molecular complexity index is 763. The molecule has 23 heavy (non-hydrogen) atoms. The van der Waals surface area contributed by atoms with Crippen LogP contribution in [0.3, 0.4) is 0 Å². The Morgan fingerprint density at radius 2 is 2.00 bits per heavy atom. The topological polar surface area (TPSA) is 35.8 Å². The minimum Gasteiger partial charge on any atom is -0.366 e. The quantitative estimate of drug-likeness (QED) is 0.608. The number of benzene rings is 1. The zero-order valence-corrected chi connectivity index (χ0v) is 14.0. The molecule has 0 amide bonds. The molecular weight excluding hydrogens is 284 g/mol. The fourth-order valence-corrected chi connectivity index (χ4v) is 3.12. The third-order valence-corrected chi connectivity index (χ3v) is 4.11. The largest absolute Gasteiger partial charge is 0.537 e. The van der Waals surface area contributed by atoms with Crippen LogP contribution in [0.2, 0.25) is 0 Å². The maximum atomic E-state index is 9.33. The first-order valence-corrected chi connectivity index (χ1v) is 7.64. The number of nitriles is 1. The van der Waals surface area contributed by atoms with E-state index < -0.39 is 0 Å². The molecular formula is C19H20N4. The van der Waals surface area contributed by atoms with Crippen LogP contribution in [-0.2, 0) is 6.42 Å². The van der Waals surface area contributed by atoms with Crippen molar-refractivity contribution in [3.05, 3.63) is 58.0 Å². The molecule has 4 nitrogen and oxygen atoms in total. The van der Waals surface area contributed by atoms with Crippen LogP contribution in [0.15, 0.2) is 24.0 Å². The predicted molar refractivity (Wildman–Crippen MR) is 92.1 cm³/mol. The number of anilines is 1. The first-order valence-electron chi connectivity index (χ1n) is 7.64. The number of rotatable bonds is 3. The fourth-order valence-electron chi connectivity index (χ4n) is 3.12. The van der Waals surface area contributed by atoms with E-state index >= 15 is 0 Å². The molecule has 0 saturated heterocycles. The summed E-state index contributed by atoms with van der Waals surface area (Å²) in [6.07, 6.45) is 0.896. The highest BCUT2D eigenvalue weighted by Crippen LogP contribution is 2.40. The van der Waals surface area contributed by atoms with Gasteiger partial charge in [-0.05, 0) is 49.4 Å².